The van der Waals surface area contributed by atoms with E-state index < -0.39 is 10.0 Å². The van der Waals surface area contributed by atoms with Gasteiger partial charge in [0.2, 0.25) is 10.0 Å². The van der Waals surface area contributed by atoms with E-state index in [0.29, 0.717) is 0 Å². The van der Waals surface area contributed by atoms with E-state index in [4.69, 9.17) is 5.14 Å². The SMILES string of the molecule is NS(=O)(=O)c1ccc(-n2ncc3c2CCCC3)cc1. The summed E-state index contributed by atoms with van der Waals surface area (Å²) in [7, 11) is -3.64. The molecule has 0 amide bonds. The largest absolute Gasteiger partial charge is 0.238 e. The molecular weight excluding hydrogens is 262 g/mol. The number of primary sulfonamides is 1. The van der Waals surface area contributed by atoms with E-state index in [-0.39, 0.29) is 4.90 Å². The fraction of sp³-hybridized carbons (Fsp3) is 0.308. The predicted octanol–water partition coefficient (Wildman–Crippen LogP) is 1.40. The predicted molar refractivity (Wildman–Crippen MR) is 71.6 cm³/mol. The Hall–Kier alpha value is -1.66. The van der Waals surface area contributed by atoms with E-state index in [1.165, 1.54) is 36.2 Å². The van der Waals surface area contributed by atoms with Crippen molar-refractivity contribution >= 4 is 10.0 Å². The summed E-state index contributed by atoms with van der Waals surface area (Å²) in [6.07, 6.45) is 6.38. The molecule has 1 heterocycles. The summed E-state index contributed by atoms with van der Waals surface area (Å²) in [5.41, 5.74) is 3.40. The fourth-order valence-corrected chi connectivity index (χ4v) is 3.01. The van der Waals surface area contributed by atoms with Crippen molar-refractivity contribution in [3.63, 3.8) is 0 Å². The van der Waals surface area contributed by atoms with E-state index >= 15 is 0 Å². The van der Waals surface area contributed by atoms with Crippen LogP contribution in [0, 0.1) is 0 Å². The highest BCUT2D eigenvalue weighted by molar-refractivity contribution is 7.89. The lowest BCUT2D eigenvalue weighted by molar-refractivity contribution is 0.597. The van der Waals surface area contributed by atoms with Gasteiger partial charge in [-0.3, -0.25) is 0 Å². The van der Waals surface area contributed by atoms with E-state index in [0.717, 1.165) is 18.5 Å². The summed E-state index contributed by atoms with van der Waals surface area (Å²) >= 11 is 0. The number of fused-ring (bicyclic) bond motifs is 1. The Morgan fingerprint density at radius 2 is 1.79 bits per heavy atom. The number of aryl methyl sites for hydroxylation is 1. The Bertz CT molecular complexity index is 702. The van der Waals surface area contributed by atoms with Gasteiger partial charge in [0.1, 0.15) is 0 Å². The molecule has 1 aliphatic rings. The van der Waals surface area contributed by atoms with Crippen molar-refractivity contribution in [2.45, 2.75) is 30.6 Å². The van der Waals surface area contributed by atoms with Crippen LogP contribution in [-0.4, -0.2) is 18.2 Å². The second kappa shape index (κ2) is 4.47. The molecule has 2 aromatic rings. The van der Waals surface area contributed by atoms with Gasteiger partial charge in [-0.1, -0.05) is 0 Å². The zero-order chi connectivity index (χ0) is 13.5. The van der Waals surface area contributed by atoms with Crippen LogP contribution in [0.15, 0.2) is 35.4 Å². The van der Waals surface area contributed by atoms with Crippen molar-refractivity contribution < 1.29 is 8.42 Å². The topological polar surface area (TPSA) is 78.0 Å². The van der Waals surface area contributed by atoms with Gasteiger partial charge in [0, 0.05) is 5.69 Å². The molecule has 0 radical (unpaired) electrons. The maximum atomic E-state index is 11.2. The van der Waals surface area contributed by atoms with Gasteiger partial charge in [0.05, 0.1) is 16.8 Å². The molecule has 3 rings (SSSR count). The molecule has 0 fully saturated rings. The van der Waals surface area contributed by atoms with Crippen molar-refractivity contribution in [3.05, 3.63) is 41.7 Å². The molecule has 2 N–H and O–H groups in total. The molecule has 0 bridgehead atoms. The van der Waals surface area contributed by atoms with E-state index in [9.17, 15) is 8.42 Å². The smallest absolute Gasteiger partial charge is 0.238 e. The van der Waals surface area contributed by atoms with Gasteiger partial charge < -0.3 is 0 Å². The first-order valence-electron chi connectivity index (χ1n) is 6.25. The average molecular weight is 277 g/mol. The van der Waals surface area contributed by atoms with Gasteiger partial charge in [-0.2, -0.15) is 5.10 Å². The highest BCUT2D eigenvalue weighted by Crippen LogP contribution is 2.23. The molecule has 0 atom stereocenters. The minimum absolute atomic E-state index is 0.122. The number of benzene rings is 1. The third-order valence-corrected chi connectivity index (χ3v) is 4.40. The zero-order valence-electron chi connectivity index (χ0n) is 10.4. The third kappa shape index (κ3) is 2.29. The normalized spacial score (nSPS) is 15.2. The highest BCUT2D eigenvalue weighted by atomic mass is 32.2. The second-order valence-electron chi connectivity index (χ2n) is 4.77. The Morgan fingerprint density at radius 3 is 2.47 bits per heavy atom. The van der Waals surface area contributed by atoms with Gasteiger partial charge in [-0.15, -0.1) is 0 Å². The van der Waals surface area contributed by atoms with Gasteiger partial charge in [0.25, 0.3) is 0 Å². The van der Waals surface area contributed by atoms with Crippen LogP contribution >= 0.6 is 0 Å². The minimum Gasteiger partial charge on any atom is -0.238 e. The summed E-state index contributed by atoms with van der Waals surface area (Å²) < 4.78 is 24.3. The maximum absolute atomic E-state index is 11.2. The summed E-state index contributed by atoms with van der Waals surface area (Å²) in [6.45, 7) is 0. The highest BCUT2D eigenvalue weighted by Gasteiger charge is 2.16. The molecule has 0 aliphatic heterocycles. The van der Waals surface area contributed by atoms with E-state index in [2.05, 4.69) is 5.10 Å². The number of hydrogen-bond acceptors (Lipinski definition) is 3. The summed E-state index contributed by atoms with van der Waals surface area (Å²) in [5.74, 6) is 0. The molecule has 0 saturated carbocycles. The number of aromatic nitrogens is 2. The second-order valence-corrected chi connectivity index (χ2v) is 6.34. The number of nitrogens with zero attached hydrogens (tertiary/aromatic N) is 2. The van der Waals surface area contributed by atoms with Crippen molar-refractivity contribution in [1.82, 2.24) is 9.78 Å². The molecule has 0 spiro atoms. The molecule has 5 nitrogen and oxygen atoms in total. The van der Waals surface area contributed by atoms with Crippen LogP contribution < -0.4 is 5.14 Å². The molecule has 19 heavy (non-hydrogen) atoms. The lowest BCUT2D eigenvalue weighted by Crippen LogP contribution is -2.12. The Kier molecular flexibility index (Phi) is 2.91. The molecular formula is C13H15N3O2S. The Balaban J connectivity index is 2.01. The number of rotatable bonds is 2. The van der Waals surface area contributed by atoms with Crippen molar-refractivity contribution in [1.29, 1.82) is 0 Å². The molecule has 1 aliphatic carbocycles. The molecule has 100 valence electrons. The number of nitrogens with two attached hydrogens (primary N) is 1. The standard InChI is InChI=1S/C13H15N3O2S/c14-19(17,18)12-7-5-11(6-8-12)16-13-4-2-1-3-10(13)9-15-16/h5-9H,1-4H2,(H2,14,17,18). The lowest BCUT2D eigenvalue weighted by atomic mass is 9.98. The van der Waals surface area contributed by atoms with Crippen LogP contribution in [0.25, 0.3) is 5.69 Å². The van der Waals surface area contributed by atoms with Crippen LogP contribution in [0.5, 0.6) is 0 Å². The van der Waals surface area contributed by atoms with Gasteiger partial charge in [0.15, 0.2) is 0 Å². The first kappa shape index (κ1) is 12.4. The first-order valence-corrected chi connectivity index (χ1v) is 7.79. The van der Waals surface area contributed by atoms with E-state index in [1.54, 1.807) is 12.1 Å². The van der Waals surface area contributed by atoms with Gasteiger partial charge in [-0.05, 0) is 55.5 Å². The average Bonchev–Trinajstić information content (AvgIpc) is 2.82. The third-order valence-electron chi connectivity index (χ3n) is 3.47. The Morgan fingerprint density at radius 1 is 1.11 bits per heavy atom. The van der Waals surface area contributed by atoms with Crippen LogP contribution in [0.3, 0.4) is 0 Å². The van der Waals surface area contributed by atoms with Crippen LogP contribution in [0.1, 0.15) is 24.1 Å². The Labute approximate surface area is 112 Å². The van der Waals surface area contributed by atoms with Crippen molar-refractivity contribution in [2.24, 2.45) is 5.14 Å². The summed E-state index contributed by atoms with van der Waals surface area (Å²) in [5, 5.41) is 9.48. The minimum atomic E-state index is -3.64. The molecule has 0 saturated heterocycles. The van der Waals surface area contributed by atoms with Crippen molar-refractivity contribution in [3.8, 4) is 5.69 Å². The van der Waals surface area contributed by atoms with Crippen LogP contribution in [0.4, 0.5) is 0 Å². The van der Waals surface area contributed by atoms with Crippen molar-refractivity contribution in [2.75, 3.05) is 0 Å². The molecule has 6 heteroatoms. The monoisotopic (exact) mass is 277 g/mol. The van der Waals surface area contributed by atoms with E-state index in [1.807, 2.05) is 10.9 Å². The summed E-state index contributed by atoms with van der Waals surface area (Å²) in [4.78, 5) is 0.122. The van der Waals surface area contributed by atoms with Gasteiger partial charge >= 0.3 is 0 Å². The molecule has 0 unspecified atom stereocenters. The fourth-order valence-electron chi connectivity index (χ4n) is 2.49. The zero-order valence-corrected chi connectivity index (χ0v) is 11.2. The lowest BCUT2D eigenvalue weighted by Gasteiger charge is -2.14. The maximum Gasteiger partial charge on any atom is 0.238 e. The number of hydrogen-bond donors (Lipinski definition) is 1. The van der Waals surface area contributed by atoms with Crippen LogP contribution in [-0.2, 0) is 22.9 Å². The quantitative estimate of drug-likeness (QED) is 0.901. The first-order chi connectivity index (χ1) is 9.05. The molecule has 1 aromatic heterocycles. The molecule has 1 aromatic carbocycles. The van der Waals surface area contributed by atoms with Crippen LogP contribution in [0.2, 0.25) is 0 Å². The summed E-state index contributed by atoms with van der Waals surface area (Å²) in [6, 6.07) is 6.51. The number of sulfonamides is 1. The van der Waals surface area contributed by atoms with Gasteiger partial charge in [-0.25, -0.2) is 18.2 Å².